The molecular weight excluding hydrogens is 223 g/mol. The molecule has 64 valence electrons. The molecule has 4 heteroatoms. The van der Waals surface area contributed by atoms with E-state index < -0.39 is 6.80 Å². The summed E-state index contributed by atoms with van der Waals surface area (Å²) in [7, 11) is 17.9. The van der Waals surface area contributed by atoms with E-state index in [0.717, 1.165) is 4.90 Å². The summed E-state index contributed by atoms with van der Waals surface area (Å²) in [4.78, 5) is 0.809. The maximum absolute atomic E-state index is 5.98. The van der Waals surface area contributed by atoms with E-state index in [0.29, 0.717) is 0 Å². The Labute approximate surface area is 80.2 Å². The molecule has 1 rings (SSSR count). The van der Waals surface area contributed by atoms with Crippen molar-refractivity contribution in [1.29, 1.82) is 0 Å². The van der Waals surface area contributed by atoms with Gasteiger partial charge < -0.3 is 0 Å². The van der Waals surface area contributed by atoms with E-state index in [1.54, 1.807) is 6.26 Å². The molecule has 0 aliphatic heterocycles. The zero-order chi connectivity index (χ0) is 8.56. The fourth-order valence-electron chi connectivity index (χ4n) is 0.746. The zero-order valence-electron chi connectivity index (χ0n) is 5.97. The summed E-state index contributed by atoms with van der Waals surface area (Å²) in [6.07, 6.45) is 1.67. The third kappa shape index (κ3) is 2.75. The molecule has 0 spiro atoms. The molecule has 0 radical (unpaired) electrons. The highest BCUT2D eigenvalue weighted by Crippen LogP contribution is 2.85. The molecule has 0 saturated heterocycles. The summed E-state index contributed by atoms with van der Waals surface area (Å²) in [5.41, 5.74) is 0. The first-order chi connectivity index (χ1) is 4.86. The Morgan fingerprint density at radius 1 is 1.00 bits per heavy atom. The van der Waals surface area contributed by atoms with E-state index in [1.807, 2.05) is 30.3 Å². The lowest BCUT2D eigenvalue weighted by molar-refractivity contribution is 1.46. The van der Waals surface area contributed by atoms with Crippen LogP contribution in [0.15, 0.2) is 35.2 Å². The van der Waals surface area contributed by atoms with Crippen LogP contribution in [-0.4, -0.2) is 6.26 Å². The average Bonchev–Trinajstić information content (AvgIpc) is 1.86. The second-order valence-corrected chi connectivity index (χ2v) is 14.5. The number of benzene rings is 1. The summed E-state index contributed by atoms with van der Waals surface area (Å²) in [6.45, 7) is -3.07. The van der Waals surface area contributed by atoms with Gasteiger partial charge in [-0.2, -0.15) is 0 Å². The van der Waals surface area contributed by atoms with Gasteiger partial charge in [-0.05, 0) is 18.4 Å². The Morgan fingerprint density at radius 2 is 1.45 bits per heavy atom. The van der Waals surface area contributed by atoms with Crippen LogP contribution < -0.4 is 0 Å². The molecule has 0 aliphatic carbocycles. The summed E-state index contributed by atoms with van der Waals surface area (Å²) < 4.78 is 0. The van der Waals surface area contributed by atoms with Crippen molar-refractivity contribution in [1.82, 2.24) is 0 Å². The summed E-state index contributed by atoms with van der Waals surface area (Å²) in [5, 5.41) is 0. The minimum absolute atomic E-state index is 0.809. The van der Waals surface area contributed by atoms with E-state index in [1.165, 1.54) is 0 Å². The molecule has 0 aliphatic rings. The largest absolute Gasteiger partial charge is 0.0857 e. The first kappa shape index (κ1) is 9.53. The van der Waals surface area contributed by atoms with Crippen LogP contribution in [0.4, 0.5) is 0 Å². The minimum Gasteiger partial charge on any atom is -0.0857 e. The van der Waals surface area contributed by atoms with Crippen LogP contribution in [0.1, 0.15) is 0 Å². The molecule has 0 N–H and O–H groups in total. The van der Waals surface area contributed by atoms with Gasteiger partial charge in [0.2, 0.25) is 0 Å². The summed E-state index contributed by atoms with van der Waals surface area (Å²) in [5.74, 6) is 0. The third-order valence-corrected chi connectivity index (χ3v) is 4.46. The van der Waals surface area contributed by atoms with E-state index in [2.05, 4.69) is 0 Å². The smallest absolute Gasteiger partial charge is 0.00944 e. The molecule has 0 nitrogen and oxygen atoms in total. The maximum Gasteiger partial charge on any atom is 0.00944 e. The third-order valence-electron chi connectivity index (χ3n) is 1.31. The van der Waals surface area contributed by atoms with Crippen LogP contribution in [0.3, 0.4) is 0 Å². The van der Waals surface area contributed by atoms with Gasteiger partial charge in [0.25, 0.3) is 0 Å². The highest BCUT2D eigenvalue weighted by molar-refractivity contribution is 8.91. The fourth-order valence-corrected chi connectivity index (χ4v) is 2.57. The molecule has 0 aromatic heterocycles. The first-order valence-corrected chi connectivity index (χ1v) is 8.49. The number of halogens is 3. The molecule has 0 amide bonds. The Kier molecular flexibility index (Phi) is 2.37. The van der Waals surface area contributed by atoms with Gasteiger partial charge in [-0.25, -0.2) is 0 Å². The van der Waals surface area contributed by atoms with Crippen LogP contribution in [0.2, 0.25) is 0 Å². The van der Waals surface area contributed by atoms with Gasteiger partial charge in [-0.15, -0.1) is 0 Å². The Hall–Kier alpha value is 0.440. The predicted octanol–water partition coefficient (Wildman–Crippen LogP) is 4.21. The van der Waals surface area contributed by atoms with Gasteiger partial charge in [-0.1, -0.05) is 57.0 Å². The van der Waals surface area contributed by atoms with Crippen LogP contribution >= 0.6 is 38.8 Å². The van der Waals surface area contributed by atoms with E-state index in [4.69, 9.17) is 32.0 Å². The monoisotopic (exact) mass is 230 g/mol. The number of thiol groups is 1. The van der Waals surface area contributed by atoms with Crippen molar-refractivity contribution in [3.63, 3.8) is 0 Å². The predicted molar refractivity (Wildman–Crippen MR) is 57.2 cm³/mol. The SMILES string of the molecule is C[SH](Cl)(Cl)(Cl)c1ccccc1. The molecule has 1 aromatic carbocycles. The van der Waals surface area contributed by atoms with Gasteiger partial charge in [-0.3, -0.25) is 0 Å². The van der Waals surface area contributed by atoms with Crippen molar-refractivity contribution in [3.05, 3.63) is 30.3 Å². The Balaban J connectivity index is 3.14. The lowest BCUT2D eigenvalue weighted by atomic mass is 10.4. The highest BCUT2D eigenvalue weighted by Gasteiger charge is 2.28. The lowest BCUT2D eigenvalue weighted by Gasteiger charge is -2.38. The van der Waals surface area contributed by atoms with Crippen molar-refractivity contribution < 1.29 is 0 Å². The van der Waals surface area contributed by atoms with Crippen molar-refractivity contribution in [2.24, 2.45) is 0 Å². The molecule has 0 unspecified atom stereocenters. The normalized spacial score (nSPS) is 15.5. The van der Waals surface area contributed by atoms with E-state index >= 15 is 0 Å². The number of rotatable bonds is 1. The standard InChI is InChI=1S/C7H9Cl3S/c1-11(8,9,10)7-5-3-2-4-6-7/h2-6,11H,1H3. The summed E-state index contributed by atoms with van der Waals surface area (Å²) in [6, 6.07) is 9.31. The number of hydrogen-bond acceptors (Lipinski definition) is 0. The van der Waals surface area contributed by atoms with Gasteiger partial charge in [0, 0.05) is 4.90 Å². The van der Waals surface area contributed by atoms with Crippen LogP contribution in [0, 0.1) is 0 Å². The van der Waals surface area contributed by atoms with Crippen LogP contribution in [0.25, 0.3) is 0 Å². The number of hydrogen-bond donors (Lipinski definition) is 1. The Morgan fingerprint density at radius 3 is 1.73 bits per heavy atom. The van der Waals surface area contributed by atoms with Crippen LogP contribution in [0.5, 0.6) is 0 Å². The molecule has 0 fully saturated rings. The quantitative estimate of drug-likeness (QED) is 0.688. The minimum atomic E-state index is -3.07. The van der Waals surface area contributed by atoms with Gasteiger partial charge in [0.1, 0.15) is 0 Å². The molecule has 1 aromatic rings. The van der Waals surface area contributed by atoms with Crippen molar-refractivity contribution in [3.8, 4) is 0 Å². The molecule has 11 heavy (non-hydrogen) atoms. The second-order valence-electron chi connectivity index (χ2n) is 2.51. The second kappa shape index (κ2) is 2.74. The lowest BCUT2D eigenvalue weighted by Crippen LogP contribution is -1.90. The fraction of sp³-hybridized carbons (Fsp3) is 0.143. The van der Waals surface area contributed by atoms with E-state index in [9.17, 15) is 0 Å². The first-order valence-electron chi connectivity index (χ1n) is 3.09. The van der Waals surface area contributed by atoms with Crippen molar-refractivity contribution >= 4 is 38.8 Å². The van der Waals surface area contributed by atoms with E-state index in [-0.39, 0.29) is 0 Å². The highest BCUT2D eigenvalue weighted by atomic mass is 36.2. The molecule has 0 saturated carbocycles. The molecule has 0 atom stereocenters. The van der Waals surface area contributed by atoms with Gasteiger partial charge in [0.15, 0.2) is 0 Å². The Bertz CT molecular complexity index is 240. The molecule has 0 bridgehead atoms. The topological polar surface area (TPSA) is 0 Å². The maximum atomic E-state index is 5.98. The molecule has 0 heterocycles. The zero-order valence-corrected chi connectivity index (χ0v) is 9.13. The van der Waals surface area contributed by atoms with Gasteiger partial charge >= 0.3 is 0 Å². The summed E-state index contributed by atoms with van der Waals surface area (Å²) >= 11 is 0. The average molecular weight is 232 g/mol. The van der Waals surface area contributed by atoms with Crippen molar-refractivity contribution in [2.75, 3.05) is 6.26 Å². The van der Waals surface area contributed by atoms with Crippen LogP contribution in [-0.2, 0) is 0 Å². The van der Waals surface area contributed by atoms with Gasteiger partial charge in [0.05, 0.1) is 0 Å². The van der Waals surface area contributed by atoms with Crippen molar-refractivity contribution in [2.45, 2.75) is 4.90 Å². The molecular formula is C7H9Cl3S.